The van der Waals surface area contributed by atoms with Crippen molar-refractivity contribution >= 4 is 39.1 Å². The molecule has 1 heterocycles. The third kappa shape index (κ3) is 3.17. The standard InChI is InChI=1S/C15H11BrN4O/c16-12-3-1-2-10(6-12)8-19-20-15(21)11-4-5-13-14(7-11)18-9-17-13/h1-9H,(H,17,18)(H,20,21). The number of hydrogen-bond acceptors (Lipinski definition) is 3. The van der Waals surface area contributed by atoms with E-state index in [1.54, 1.807) is 30.7 Å². The number of benzene rings is 2. The number of nitrogens with zero attached hydrogens (tertiary/aromatic N) is 2. The number of H-pyrrole nitrogens is 1. The molecule has 0 unspecified atom stereocenters. The SMILES string of the molecule is O=C(NN=Cc1cccc(Br)c1)c1ccc2nc[nH]c2c1. The van der Waals surface area contributed by atoms with E-state index in [0.29, 0.717) is 5.56 Å². The summed E-state index contributed by atoms with van der Waals surface area (Å²) in [5.74, 6) is -0.266. The van der Waals surface area contributed by atoms with E-state index >= 15 is 0 Å². The van der Waals surface area contributed by atoms with Gasteiger partial charge in [-0.15, -0.1) is 0 Å². The van der Waals surface area contributed by atoms with Crippen molar-refractivity contribution in [2.75, 3.05) is 0 Å². The first kappa shape index (κ1) is 13.5. The van der Waals surface area contributed by atoms with Crippen molar-refractivity contribution in [3.8, 4) is 0 Å². The average molecular weight is 343 g/mol. The van der Waals surface area contributed by atoms with Crippen LogP contribution in [0.25, 0.3) is 11.0 Å². The molecular weight excluding hydrogens is 332 g/mol. The summed E-state index contributed by atoms with van der Waals surface area (Å²) in [6.45, 7) is 0. The Morgan fingerprint density at radius 3 is 3.05 bits per heavy atom. The van der Waals surface area contributed by atoms with Crippen LogP contribution in [0.1, 0.15) is 15.9 Å². The molecule has 0 spiro atoms. The van der Waals surface area contributed by atoms with Crippen molar-refractivity contribution in [3.63, 3.8) is 0 Å². The lowest BCUT2D eigenvalue weighted by atomic mass is 10.2. The van der Waals surface area contributed by atoms with Crippen molar-refractivity contribution in [2.45, 2.75) is 0 Å². The van der Waals surface area contributed by atoms with Gasteiger partial charge in [0.25, 0.3) is 5.91 Å². The summed E-state index contributed by atoms with van der Waals surface area (Å²) in [7, 11) is 0. The van der Waals surface area contributed by atoms with Crippen LogP contribution in [0.2, 0.25) is 0 Å². The molecule has 0 aliphatic rings. The maximum atomic E-state index is 12.0. The van der Waals surface area contributed by atoms with E-state index in [-0.39, 0.29) is 5.91 Å². The summed E-state index contributed by atoms with van der Waals surface area (Å²) in [4.78, 5) is 19.1. The number of hydrogen-bond donors (Lipinski definition) is 2. The number of carbonyl (C=O) groups is 1. The summed E-state index contributed by atoms with van der Waals surface area (Å²) in [5.41, 5.74) is 5.57. The van der Waals surface area contributed by atoms with Gasteiger partial charge < -0.3 is 4.98 Å². The minimum atomic E-state index is -0.266. The van der Waals surface area contributed by atoms with Gasteiger partial charge in [0, 0.05) is 10.0 Å². The lowest BCUT2D eigenvalue weighted by Crippen LogP contribution is -2.17. The molecule has 2 N–H and O–H groups in total. The highest BCUT2D eigenvalue weighted by Gasteiger charge is 2.06. The Hall–Kier alpha value is -2.47. The highest BCUT2D eigenvalue weighted by Crippen LogP contribution is 2.12. The molecule has 0 radical (unpaired) electrons. The smallest absolute Gasteiger partial charge is 0.271 e. The second-order valence-corrected chi connectivity index (χ2v) is 5.30. The van der Waals surface area contributed by atoms with E-state index < -0.39 is 0 Å². The molecule has 0 aliphatic heterocycles. The first-order valence-corrected chi connectivity index (χ1v) is 7.04. The van der Waals surface area contributed by atoms with Gasteiger partial charge in [0.05, 0.1) is 23.6 Å². The van der Waals surface area contributed by atoms with E-state index in [0.717, 1.165) is 21.1 Å². The van der Waals surface area contributed by atoms with Gasteiger partial charge in [-0.25, -0.2) is 10.4 Å². The van der Waals surface area contributed by atoms with Gasteiger partial charge in [-0.1, -0.05) is 28.1 Å². The van der Waals surface area contributed by atoms with Gasteiger partial charge in [0.15, 0.2) is 0 Å². The van der Waals surface area contributed by atoms with Gasteiger partial charge in [0.2, 0.25) is 0 Å². The van der Waals surface area contributed by atoms with E-state index in [1.807, 2.05) is 24.3 Å². The van der Waals surface area contributed by atoms with Crippen LogP contribution >= 0.6 is 15.9 Å². The van der Waals surface area contributed by atoms with Gasteiger partial charge in [-0.2, -0.15) is 5.10 Å². The third-order valence-corrected chi connectivity index (χ3v) is 3.40. The minimum Gasteiger partial charge on any atom is -0.345 e. The number of carbonyl (C=O) groups excluding carboxylic acids is 1. The molecule has 0 saturated heterocycles. The molecule has 0 atom stereocenters. The fourth-order valence-electron chi connectivity index (χ4n) is 1.89. The maximum Gasteiger partial charge on any atom is 0.271 e. The number of hydrazone groups is 1. The second-order valence-electron chi connectivity index (χ2n) is 4.39. The third-order valence-electron chi connectivity index (χ3n) is 2.91. The number of rotatable bonds is 3. The Bertz CT molecular complexity index is 825. The van der Waals surface area contributed by atoms with Crippen LogP contribution < -0.4 is 5.43 Å². The number of aromatic nitrogens is 2. The lowest BCUT2D eigenvalue weighted by molar-refractivity contribution is 0.0955. The predicted octanol–water partition coefficient (Wildman–Crippen LogP) is 3.09. The van der Waals surface area contributed by atoms with Crippen molar-refractivity contribution in [2.24, 2.45) is 5.10 Å². The molecule has 2 aromatic carbocycles. The van der Waals surface area contributed by atoms with Crippen LogP contribution in [0.5, 0.6) is 0 Å². The first-order valence-electron chi connectivity index (χ1n) is 6.24. The molecule has 21 heavy (non-hydrogen) atoms. The summed E-state index contributed by atoms with van der Waals surface area (Å²) in [6.07, 6.45) is 3.19. The molecule has 0 fully saturated rings. The zero-order valence-electron chi connectivity index (χ0n) is 10.9. The van der Waals surface area contributed by atoms with Crippen LogP contribution in [-0.2, 0) is 0 Å². The second kappa shape index (κ2) is 5.88. The van der Waals surface area contributed by atoms with Crippen molar-refractivity contribution in [1.82, 2.24) is 15.4 Å². The predicted molar refractivity (Wildman–Crippen MR) is 85.3 cm³/mol. The molecule has 0 saturated carbocycles. The Morgan fingerprint density at radius 1 is 1.29 bits per heavy atom. The Labute approximate surface area is 129 Å². The fourth-order valence-corrected chi connectivity index (χ4v) is 2.31. The molecule has 1 amide bonds. The molecule has 1 aromatic heterocycles. The topological polar surface area (TPSA) is 70.1 Å². The summed E-state index contributed by atoms with van der Waals surface area (Å²) >= 11 is 3.38. The Kier molecular flexibility index (Phi) is 3.79. The first-order chi connectivity index (χ1) is 10.2. The van der Waals surface area contributed by atoms with Crippen molar-refractivity contribution in [3.05, 3.63) is 64.4 Å². The Morgan fingerprint density at radius 2 is 2.19 bits per heavy atom. The van der Waals surface area contributed by atoms with Crippen LogP contribution in [0, 0.1) is 0 Å². The molecule has 3 rings (SSSR count). The summed E-state index contributed by atoms with van der Waals surface area (Å²) < 4.78 is 0.961. The van der Waals surface area contributed by atoms with Crippen molar-refractivity contribution < 1.29 is 4.79 Å². The van der Waals surface area contributed by atoms with E-state index in [9.17, 15) is 4.79 Å². The van der Waals surface area contributed by atoms with E-state index in [4.69, 9.17) is 0 Å². The molecular formula is C15H11BrN4O. The van der Waals surface area contributed by atoms with Crippen LogP contribution in [0.15, 0.2) is 58.4 Å². The molecule has 0 aliphatic carbocycles. The zero-order chi connectivity index (χ0) is 14.7. The molecule has 0 bridgehead atoms. The molecule has 3 aromatic rings. The highest BCUT2D eigenvalue weighted by atomic mass is 79.9. The summed E-state index contributed by atoms with van der Waals surface area (Å²) in [5, 5.41) is 3.96. The average Bonchev–Trinajstić information content (AvgIpc) is 2.94. The van der Waals surface area contributed by atoms with Crippen LogP contribution in [0.3, 0.4) is 0 Å². The maximum absolute atomic E-state index is 12.0. The number of halogens is 1. The molecule has 104 valence electrons. The van der Waals surface area contributed by atoms with Gasteiger partial charge in [-0.05, 0) is 35.9 Å². The summed E-state index contributed by atoms with van der Waals surface area (Å²) in [6, 6.07) is 12.9. The largest absolute Gasteiger partial charge is 0.345 e. The van der Waals surface area contributed by atoms with Crippen molar-refractivity contribution in [1.29, 1.82) is 0 Å². The molecule has 5 nitrogen and oxygen atoms in total. The monoisotopic (exact) mass is 342 g/mol. The fraction of sp³-hybridized carbons (Fsp3) is 0. The lowest BCUT2D eigenvalue weighted by Gasteiger charge is -2.00. The number of fused-ring (bicyclic) bond motifs is 1. The number of aromatic amines is 1. The van der Waals surface area contributed by atoms with E-state index in [2.05, 4.69) is 36.4 Å². The van der Waals surface area contributed by atoms with Gasteiger partial charge in [-0.3, -0.25) is 4.79 Å². The quantitative estimate of drug-likeness (QED) is 0.567. The minimum absolute atomic E-state index is 0.266. The number of amides is 1. The van der Waals surface area contributed by atoms with Crippen LogP contribution in [0.4, 0.5) is 0 Å². The zero-order valence-corrected chi connectivity index (χ0v) is 12.5. The number of imidazole rings is 1. The Balaban J connectivity index is 1.71. The highest BCUT2D eigenvalue weighted by molar-refractivity contribution is 9.10. The number of nitrogens with one attached hydrogen (secondary N) is 2. The van der Waals surface area contributed by atoms with Crippen LogP contribution in [-0.4, -0.2) is 22.1 Å². The van der Waals surface area contributed by atoms with E-state index in [1.165, 1.54) is 0 Å². The van der Waals surface area contributed by atoms with Gasteiger partial charge in [0.1, 0.15) is 0 Å². The molecule has 6 heteroatoms. The van der Waals surface area contributed by atoms with Gasteiger partial charge >= 0.3 is 0 Å². The normalized spacial score (nSPS) is 11.1.